The fraction of sp³-hybridized carbons (Fsp3) is 0.0833. The maximum absolute atomic E-state index is 9.95. The Labute approximate surface area is 134 Å². The second-order valence-corrected chi connectivity index (χ2v) is 5.72. The first-order chi connectivity index (χ1) is 8.84. The van der Waals surface area contributed by atoms with Crippen LogP contribution >= 0.6 is 58.0 Å². The lowest BCUT2D eigenvalue weighted by Crippen LogP contribution is -1.91. The van der Waals surface area contributed by atoms with Crippen LogP contribution in [0.5, 0.6) is 5.75 Å². The predicted molar refractivity (Wildman–Crippen MR) is 81.1 cm³/mol. The van der Waals surface area contributed by atoms with E-state index in [1.54, 1.807) is 13.1 Å². The third-order valence-electron chi connectivity index (χ3n) is 2.45. The summed E-state index contributed by atoms with van der Waals surface area (Å²) in [7, 11) is 0. The van der Waals surface area contributed by atoms with Gasteiger partial charge in [-0.2, -0.15) is 0 Å². The number of hydrogen-bond donors (Lipinski definition) is 1. The van der Waals surface area contributed by atoms with Gasteiger partial charge < -0.3 is 5.11 Å². The molecule has 0 aliphatic rings. The van der Waals surface area contributed by atoms with E-state index in [0.717, 1.165) is 5.56 Å². The molecular weight excluding hydrogens is 351 g/mol. The van der Waals surface area contributed by atoms with Crippen LogP contribution in [0.25, 0.3) is 11.3 Å². The van der Waals surface area contributed by atoms with Crippen LogP contribution in [-0.2, 0) is 0 Å². The molecule has 0 saturated heterocycles. The molecule has 2 nitrogen and oxygen atoms in total. The van der Waals surface area contributed by atoms with Gasteiger partial charge in [-0.15, -0.1) is 0 Å². The molecule has 0 atom stereocenters. The van der Waals surface area contributed by atoms with E-state index in [-0.39, 0.29) is 42.1 Å². The molecule has 0 radical (unpaired) electrons. The van der Waals surface area contributed by atoms with Crippen LogP contribution in [0.2, 0.25) is 25.1 Å². The minimum absolute atomic E-state index is 0.0636. The molecule has 0 fully saturated rings. The Morgan fingerprint density at radius 2 is 1.37 bits per heavy atom. The van der Waals surface area contributed by atoms with Crippen molar-refractivity contribution in [2.75, 3.05) is 0 Å². The number of pyridine rings is 1. The summed E-state index contributed by atoms with van der Waals surface area (Å²) < 4.78 is 0. The molecule has 19 heavy (non-hydrogen) atoms. The molecule has 0 spiro atoms. The number of hydrogen-bond acceptors (Lipinski definition) is 2. The average molecular weight is 357 g/mol. The minimum Gasteiger partial charge on any atom is -0.506 e. The summed E-state index contributed by atoms with van der Waals surface area (Å²) in [4.78, 5) is 4.10. The molecule has 0 aliphatic carbocycles. The molecular formula is C12H6Cl5NO. The first-order valence-corrected chi connectivity index (χ1v) is 6.91. The van der Waals surface area contributed by atoms with Crippen molar-refractivity contribution in [2.45, 2.75) is 6.92 Å². The number of aromatic hydroxyl groups is 1. The van der Waals surface area contributed by atoms with Gasteiger partial charge in [0.15, 0.2) is 0 Å². The summed E-state index contributed by atoms with van der Waals surface area (Å²) in [6, 6.07) is 1.53. The van der Waals surface area contributed by atoms with Gasteiger partial charge in [0.05, 0.1) is 25.1 Å². The largest absolute Gasteiger partial charge is 0.506 e. The Hall–Kier alpha value is -0.380. The predicted octanol–water partition coefficient (Wildman–Crippen LogP) is 6.03. The SMILES string of the molecule is Cc1cnc(-c2c(Cl)c(Cl)c(Cl)c(Cl)c2Cl)c(O)c1. The normalized spacial score (nSPS) is 10.8. The zero-order valence-electron chi connectivity index (χ0n) is 9.44. The molecule has 0 saturated carbocycles. The van der Waals surface area contributed by atoms with Gasteiger partial charge in [0.1, 0.15) is 11.4 Å². The lowest BCUT2D eigenvalue weighted by Gasteiger charge is -2.13. The lowest BCUT2D eigenvalue weighted by atomic mass is 10.1. The van der Waals surface area contributed by atoms with Crippen LogP contribution in [0.1, 0.15) is 5.56 Å². The Morgan fingerprint density at radius 3 is 1.84 bits per heavy atom. The summed E-state index contributed by atoms with van der Waals surface area (Å²) >= 11 is 30.1. The smallest absolute Gasteiger partial charge is 0.142 e. The molecule has 1 heterocycles. The second kappa shape index (κ2) is 5.55. The minimum atomic E-state index is -0.0711. The molecule has 0 unspecified atom stereocenters. The molecule has 2 rings (SSSR count). The van der Waals surface area contributed by atoms with Crippen LogP contribution in [0.4, 0.5) is 0 Å². The van der Waals surface area contributed by atoms with Gasteiger partial charge in [-0.25, -0.2) is 0 Å². The van der Waals surface area contributed by atoms with E-state index >= 15 is 0 Å². The number of rotatable bonds is 1. The van der Waals surface area contributed by atoms with Gasteiger partial charge in [0.2, 0.25) is 0 Å². The zero-order chi connectivity index (χ0) is 14.3. The molecule has 0 bridgehead atoms. The Balaban J connectivity index is 2.83. The molecule has 100 valence electrons. The molecule has 0 amide bonds. The van der Waals surface area contributed by atoms with Crippen LogP contribution in [0.15, 0.2) is 12.3 Å². The molecule has 2 aromatic rings. The summed E-state index contributed by atoms with van der Waals surface area (Å²) in [5.74, 6) is -0.0711. The third kappa shape index (κ3) is 2.61. The van der Waals surface area contributed by atoms with Crippen molar-refractivity contribution in [3.63, 3.8) is 0 Å². The van der Waals surface area contributed by atoms with Gasteiger partial charge in [0.25, 0.3) is 0 Å². The van der Waals surface area contributed by atoms with Crippen molar-refractivity contribution in [3.8, 4) is 17.0 Å². The highest BCUT2D eigenvalue weighted by Gasteiger charge is 2.23. The fourth-order valence-corrected chi connectivity index (χ4v) is 2.88. The van der Waals surface area contributed by atoms with Crippen LogP contribution < -0.4 is 0 Å². The van der Waals surface area contributed by atoms with E-state index in [4.69, 9.17) is 58.0 Å². The van der Waals surface area contributed by atoms with Crippen molar-refractivity contribution in [1.82, 2.24) is 4.98 Å². The average Bonchev–Trinajstić information content (AvgIpc) is 2.37. The number of benzene rings is 1. The molecule has 1 aromatic carbocycles. The highest BCUT2D eigenvalue weighted by molar-refractivity contribution is 6.56. The Bertz CT molecular complexity index is 643. The highest BCUT2D eigenvalue weighted by atomic mass is 35.5. The number of aryl methyl sites for hydroxylation is 1. The number of nitrogens with zero attached hydrogens (tertiary/aromatic N) is 1. The van der Waals surface area contributed by atoms with E-state index in [1.165, 1.54) is 6.07 Å². The van der Waals surface area contributed by atoms with E-state index in [2.05, 4.69) is 4.98 Å². The topological polar surface area (TPSA) is 33.1 Å². The van der Waals surface area contributed by atoms with E-state index in [1.807, 2.05) is 0 Å². The Kier molecular flexibility index (Phi) is 4.38. The van der Waals surface area contributed by atoms with Crippen LogP contribution in [0, 0.1) is 6.92 Å². The van der Waals surface area contributed by atoms with Crippen LogP contribution in [-0.4, -0.2) is 10.1 Å². The molecule has 1 aromatic heterocycles. The number of halogens is 5. The second-order valence-electron chi connectivity index (χ2n) is 3.83. The highest BCUT2D eigenvalue weighted by Crippen LogP contribution is 2.49. The maximum atomic E-state index is 9.95. The zero-order valence-corrected chi connectivity index (χ0v) is 13.2. The summed E-state index contributed by atoms with van der Waals surface area (Å²) in [6.45, 7) is 1.79. The molecule has 7 heteroatoms. The van der Waals surface area contributed by atoms with Crippen molar-refractivity contribution in [3.05, 3.63) is 42.9 Å². The van der Waals surface area contributed by atoms with Gasteiger partial charge >= 0.3 is 0 Å². The third-order valence-corrected chi connectivity index (χ3v) is 4.73. The van der Waals surface area contributed by atoms with E-state index < -0.39 is 0 Å². The van der Waals surface area contributed by atoms with Crippen molar-refractivity contribution < 1.29 is 5.11 Å². The standard InChI is InChI=1S/C12H6Cl5NO/c1-4-2-5(19)12(18-3-4)6-7(13)9(15)11(17)10(16)8(6)14/h2-3,19H,1H3. The van der Waals surface area contributed by atoms with E-state index in [9.17, 15) is 5.11 Å². The van der Waals surface area contributed by atoms with E-state index in [0.29, 0.717) is 0 Å². The molecule has 1 N–H and O–H groups in total. The quantitative estimate of drug-likeness (QED) is 0.499. The first kappa shape index (κ1) is 15.0. The summed E-state index contributed by atoms with van der Waals surface area (Å²) in [5.41, 5.74) is 1.24. The summed E-state index contributed by atoms with van der Waals surface area (Å²) in [5, 5.41) is 10.3. The Morgan fingerprint density at radius 1 is 0.895 bits per heavy atom. The monoisotopic (exact) mass is 355 g/mol. The van der Waals surface area contributed by atoms with Gasteiger partial charge in [-0.3, -0.25) is 4.98 Å². The first-order valence-electron chi connectivity index (χ1n) is 5.02. The number of aromatic nitrogens is 1. The lowest BCUT2D eigenvalue weighted by molar-refractivity contribution is 0.474. The molecule has 0 aliphatic heterocycles. The van der Waals surface area contributed by atoms with Gasteiger partial charge in [-0.1, -0.05) is 58.0 Å². The summed E-state index contributed by atoms with van der Waals surface area (Å²) in [6.07, 6.45) is 1.57. The van der Waals surface area contributed by atoms with Crippen LogP contribution in [0.3, 0.4) is 0 Å². The van der Waals surface area contributed by atoms with Crippen molar-refractivity contribution >= 4 is 58.0 Å². The van der Waals surface area contributed by atoms with Gasteiger partial charge in [0, 0.05) is 11.8 Å². The van der Waals surface area contributed by atoms with Gasteiger partial charge in [-0.05, 0) is 18.6 Å². The van der Waals surface area contributed by atoms with Crippen molar-refractivity contribution in [1.29, 1.82) is 0 Å². The maximum Gasteiger partial charge on any atom is 0.142 e. The van der Waals surface area contributed by atoms with Crippen molar-refractivity contribution in [2.24, 2.45) is 0 Å². The fourth-order valence-electron chi connectivity index (χ4n) is 1.56.